The van der Waals surface area contributed by atoms with Crippen molar-refractivity contribution in [3.63, 3.8) is 0 Å². The number of hydrazone groups is 1. The molecule has 2 amide bonds. The maximum absolute atomic E-state index is 12.5. The van der Waals surface area contributed by atoms with Crippen LogP contribution in [0.1, 0.15) is 35.9 Å². The molecule has 12 heteroatoms. The van der Waals surface area contributed by atoms with Gasteiger partial charge in [0.15, 0.2) is 5.13 Å². The maximum atomic E-state index is 12.5. The first-order chi connectivity index (χ1) is 15.9. The Labute approximate surface area is 223 Å². The summed E-state index contributed by atoms with van der Waals surface area (Å²) in [5.74, 6) is 5.23. The Balaban J connectivity index is 0.00000306. The number of nitrogens with two attached hydrogens (primary N) is 1. The smallest absolute Gasteiger partial charge is 0.226 e. The van der Waals surface area contributed by atoms with Crippen LogP contribution in [-0.4, -0.2) is 60.1 Å². The van der Waals surface area contributed by atoms with Crippen molar-refractivity contribution in [2.24, 2.45) is 16.9 Å². The maximum Gasteiger partial charge on any atom is 0.226 e. The van der Waals surface area contributed by atoms with E-state index in [2.05, 4.69) is 32.8 Å². The van der Waals surface area contributed by atoms with Crippen molar-refractivity contribution in [2.45, 2.75) is 39.2 Å². The minimum absolute atomic E-state index is 0. The summed E-state index contributed by atoms with van der Waals surface area (Å²) in [6.45, 7) is 3.95. The molecule has 2 heterocycles. The summed E-state index contributed by atoms with van der Waals surface area (Å²) in [5, 5.41) is 9.88. The zero-order valence-corrected chi connectivity index (χ0v) is 22.8. The SMILES string of the molecule is CC(=O)Nc1nc(CCc2ccc(NC=NN)cc2)c(CN2CCC[C@H](C(=O)N(C)C)C2)s1.Cl.Cl. The molecule has 1 aliphatic rings. The molecule has 0 radical (unpaired) electrons. The van der Waals surface area contributed by atoms with Crippen LogP contribution in [0.25, 0.3) is 0 Å². The van der Waals surface area contributed by atoms with Crippen molar-refractivity contribution >= 4 is 65.1 Å². The highest BCUT2D eigenvalue weighted by molar-refractivity contribution is 7.15. The second kappa shape index (κ2) is 14.9. The molecule has 1 aromatic heterocycles. The molecular weight excluding hydrogens is 509 g/mol. The Hall–Kier alpha value is -2.40. The average Bonchev–Trinajstić information content (AvgIpc) is 3.16. The number of carbonyl (C=O) groups is 2. The van der Waals surface area contributed by atoms with E-state index in [-0.39, 0.29) is 42.5 Å². The van der Waals surface area contributed by atoms with Gasteiger partial charge in [-0.3, -0.25) is 14.5 Å². The molecule has 0 spiro atoms. The van der Waals surface area contributed by atoms with Gasteiger partial charge >= 0.3 is 0 Å². The number of benzene rings is 1. The van der Waals surface area contributed by atoms with Crippen molar-refractivity contribution in [2.75, 3.05) is 37.8 Å². The van der Waals surface area contributed by atoms with Crippen molar-refractivity contribution in [3.8, 4) is 0 Å². The fraction of sp³-hybridized carbons (Fsp3) is 0.478. The van der Waals surface area contributed by atoms with Crippen molar-refractivity contribution in [1.82, 2.24) is 14.8 Å². The number of rotatable bonds is 9. The number of thiazole rings is 1. The molecule has 0 saturated carbocycles. The van der Waals surface area contributed by atoms with Crippen LogP contribution in [0.3, 0.4) is 0 Å². The first-order valence-electron chi connectivity index (χ1n) is 11.1. The van der Waals surface area contributed by atoms with Gasteiger partial charge in [0.1, 0.15) is 6.34 Å². The van der Waals surface area contributed by atoms with Crippen LogP contribution in [-0.2, 0) is 29.0 Å². The third-order valence-electron chi connectivity index (χ3n) is 5.63. The molecule has 1 aromatic carbocycles. The second-order valence-electron chi connectivity index (χ2n) is 8.50. The number of hydrogen-bond acceptors (Lipinski definition) is 7. The molecule has 9 nitrogen and oxygen atoms in total. The van der Waals surface area contributed by atoms with Gasteiger partial charge in [-0.25, -0.2) is 4.98 Å². The molecule has 0 unspecified atom stereocenters. The van der Waals surface area contributed by atoms with Gasteiger partial charge in [0.05, 0.1) is 11.6 Å². The van der Waals surface area contributed by atoms with Crippen LogP contribution in [0.2, 0.25) is 0 Å². The molecule has 35 heavy (non-hydrogen) atoms. The normalized spacial score (nSPS) is 15.7. The van der Waals surface area contributed by atoms with E-state index < -0.39 is 0 Å². The molecule has 1 saturated heterocycles. The van der Waals surface area contributed by atoms with Crippen LogP contribution < -0.4 is 16.5 Å². The summed E-state index contributed by atoms with van der Waals surface area (Å²) < 4.78 is 0. The summed E-state index contributed by atoms with van der Waals surface area (Å²) in [4.78, 5) is 33.9. The van der Waals surface area contributed by atoms with Crippen molar-refractivity contribution in [1.29, 1.82) is 0 Å². The fourth-order valence-electron chi connectivity index (χ4n) is 4.02. The van der Waals surface area contributed by atoms with E-state index in [1.54, 1.807) is 4.90 Å². The monoisotopic (exact) mass is 543 g/mol. The third kappa shape index (κ3) is 9.29. The summed E-state index contributed by atoms with van der Waals surface area (Å²) in [6.07, 6.45) is 4.99. The van der Waals surface area contributed by atoms with Gasteiger partial charge in [-0.05, 0) is 49.9 Å². The van der Waals surface area contributed by atoms with Gasteiger partial charge < -0.3 is 21.4 Å². The lowest BCUT2D eigenvalue weighted by Gasteiger charge is -2.33. The molecule has 0 aliphatic carbocycles. The third-order valence-corrected chi connectivity index (χ3v) is 6.63. The second-order valence-corrected chi connectivity index (χ2v) is 9.58. The van der Waals surface area contributed by atoms with Crippen LogP contribution in [0.4, 0.5) is 10.8 Å². The van der Waals surface area contributed by atoms with E-state index in [9.17, 15) is 9.59 Å². The van der Waals surface area contributed by atoms with E-state index in [0.717, 1.165) is 61.6 Å². The quantitative estimate of drug-likeness (QED) is 0.193. The van der Waals surface area contributed by atoms with Crippen molar-refractivity contribution in [3.05, 3.63) is 40.4 Å². The van der Waals surface area contributed by atoms with Gasteiger partial charge in [-0.2, -0.15) is 5.10 Å². The number of aromatic nitrogens is 1. The van der Waals surface area contributed by atoms with Gasteiger partial charge in [-0.1, -0.05) is 12.1 Å². The minimum Gasteiger partial charge on any atom is -0.349 e. The number of likely N-dealkylation sites (tertiary alicyclic amines) is 1. The first-order valence-corrected chi connectivity index (χ1v) is 11.9. The van der Waals surface area contributed by atoms with Gasteiger partial charge in [-0.15, -0.1) is 36.2 Å². The lowest BCUT2D eigenvalue weighted by atomic mass is 9.96. The van der Waals surface area contributed by atoms with E-state index >= 15 is 0 Å². The molecule has 3 rings (SSSR count). The largest absolute Gasteiger partial charge is 0.349 e. The molecule has 1 atom stereocenters. The number of nitrogens with zero attached hydrogens (tertiary/aromatic N) is 4. The number of hydrogen-bond donors (Lipinski definition) is 3. The van der Waals surface area contributed by atoms with Gasteiger partial charge in [0, 0.05) is 44.7 Å². The molecule has 4 N–H and O–H groups in total. The van der Waals surface area contributed by atoms with Gasteiger partial charge in [0.25, 0.3) is 0 Å². The number of piperidine rings is 1. The highest BCUT2D eigenvalue weighted by Gasteiger charge is 2.27. The summed E-state index contributed by atoms with van der Waals surface area (Å²) in [7, 11) is 3.63. The van der Waals surface area contributed by atoms with E-state index in [4.69, 9.17) is 10.8 Å². The standard InChI is InChI=1S/C23H33N7O2S.2ClH/c1-16(31)27-23-28-20(11-8-17-6-9-19(10-7-17)25-15-26-24)21(33-23)14-30-12-4-5-18(13-30)22(32)29(2)3;;/h6-7,9-10,15,18H,4-5,8,11-14,24H2,1-3H3,(H,25,26)(H,27,28,31);2*1H/t18-;;/m0../s1. The Kier molecular flexibility index (Phi) is 13.0. The summed E-state index contributed by atoms with van der Waals surface area (Å²) in [5.41, 5.74) is 3.12. The Morgan fingerprint density at radius 3 is 2.60 bits per heavy atom. The fourth-order valence-corrected chi connectivity index (χ4v) is 5.11. The number of aryl methyl sites for hydroxylation is 2. The predicted molar refractivity (Wildman–Crippen MR) is 148 cm³/mol. The molecule has 1 aliphatic heterocycles. The molecule has 194 valence electrons. The Morgan fingerprint density at radius 2 is 1.97 bits per heavy atom. The van der Waals surface area contributed by atoms with Crippen LogP contribution in [0.15, 0.2) is 29.4 Å². The molecule has 0 bridgehead atoms. The summed E-state index contributed by atoms with van der Waals surface area (Å²) >= 11 is 1.53. The lowest BCUT2D eigenvalue weighted by molar-refractivity contribution is -0.134. The average molecular weight is 545 g/mol. The van der Waals surface area contributed by atoms with Gasteiger partial charge in [0.2, 0.25) is 11.8 Å². The van der Waals surface area contributed by atoms with E-state index in [1.165, 1.54) is 30.2 Å². The van der Waals surface area contributed by atoms with Crippen LogP contribution in [0, 0.1) is 5.92 Å². The predicted octanol–water partition coefficient (Wildman–Crippen LogP) is 3.34. The Bertz CT molecular complexity index is 983. The van der Waals surface area contributed by atoms with Crippen molar-refractivity contribution < 1.29 is 9.59 Å². The number of carbonyl (C=O) groups excluding carboxylic acids is 2. The van der Waals surface area contributed by atoms with E-state index in [1.807, 2.05) is 26.2 Å². The van der Waals surface area contributed by atoms with Crippen LogP contribution >= 0.6 is 36.2 Å². The molecular formula is C23H35Cl2N7O2S. The Morgan fingerprint density at radius 1 is 1.26 bits per heavy atom. The number of amides is 2. The minimum atomic E-state index is -0.124. The number of halogens is 2. The molecule has 2 aromatic rings. The zero-order valence-electron chi connectivity index (χ0n) is 20.3. The molecule has 1 fully saturated rings. The number of nitrogens with one attached hydrogen (secondary N) is 2. The lowest BCUT2D eigenvalue weighted by Crippen LogP contribution is -2.42. The topological polar surface area (TPSA) is 116 Å². The first kappa shape index (κ1) is 30.6. The summed E-state index contributed by atoms with van der Waals surface area (Å²) in [6, 6.07) is 8.10. The highest BCUT2D eigenvalue weighted by atomic mass is 35.5. The van der Waals surface area contributed by atoms with Crippen LogP contribution in [0.5, 0.6) is 0 Å². The number of anilines is 2. The van der Waals surface area contributed by atoms with E-state index in [0.29, 0.717) is 5.13 Å². The highest BCUT2D eigenvalue weighted by Crippen LogP contribution is 2.28. The zero-order chi connectivity index (χ0) is 23.8.